The lowest BCUT2D eigenvalue weighted by Crippen LogP contribution is -2.39. The van der Waals surface area contributed by atoms with E-state index < -0.39 is 0 Å². The molecule has 3 heteroatoms. The second-order valence-corrected chi connectivity index (χ2v) is 5.86. The van der Waals surface area contributed by atoms with Crippen LogP contribution in [-0.4, -0.2) is 35.6 Å². The topological polar surface area (TPSA) is 28.2 Å². The summed E-state index contributed by atoms with van der Waals surface area (Å²) in [6, 6.07) is 2.71. The number of nitrogens with one attached hydrogen (secondary N) is 1. The molecule has 1 fully saturated rings. The van der Waals surface area contributed by atoms with Crippen LogP contribution >= 0.6 is 0 Å². The van der Waals surface area contributed by atoms with Crippen LogP contribution in [0.4, 0.5) is 5.69 Å². The van der Waals surface area contributed by atoms with Gasteiger partial charge in [0.2, 0.25) is 0 Å². The third-order valence-corrected chi connectivity index (χ3v) is 4.15. The summed E-state index contributed by atoms with van der Waals surface area (Å²) in [6.45, 7) is 10.4. The molecule has 106 valence electrons. The molecule has 19 heavy (non-hydrogen) atoms. The van der Waals surface area contributed by atoms with Crippen molar-refractivity contribution in [3.63, 3.8) is 0 Å². The maximum atomic E-state index is 4.25. The van der Waals surface area contributed by atoms with Crippen molar-refractivity contribution in [1.82, 2.24) is 9.88 Å². The first-order valence-electron chi connectivity index (χ1n) is 7.59. The summed E-state index contributed by atoms with van der Waals surface area (Å²) in [5.41, 5.74) is 2.37. The van der Waals surface area contributed by atoms with E-state index in [-0.39, 0.29) is 0 Å². The Morgan fingerprint density at radius 2 is 2.11 bits per heavy atom. The van der Waals surface area contributed by atoms with Crippen molar-refractivity contribution in [2.75, 3.05) is 25.0 Å². The van der Waals surface area contributed by atoms with E-state index >= 15 is 0 Å². The van der Waals surface area contributed by atoms with Gasteiger partial charge in [0, 0.05) is 18.4 Å². The fourth-order valence-electron chi connectivity index (χ4n) is 3.01. The number of hydrogen-bond acceptors (Lipinski definition) is 3. The van der Waals surface area contributed by atoms with E-state index in [1.165, 1.54) is 44.5 Å². The van der Waals surface area contributed by atoms with Gasteiger partial charge in [-0.1, -0.05) is 6.92 Å². The molecule has 0 aromatic carbocycles. The van der Waals surface area contributed by atoms with Gasteiger partial charge in [0.1, 0.15) is 0 Å². The van der Waals surface area contributed by atoms with Gasteiger partial charge in [-0.2, -0.15) is 0 Å². The van der Waals surface area contributed by atoms with E-state index in [0.29, 0.717) is 6.04 Å². The van der Waals surface area contributed by atoms with Gasteiger partial charge in [-0.05, 0) is 70.3 Å². The van der Waals surface area contributed by atoms with Crippen molar-refractivity contribution in [3.8, 4) is 0 Å². The van der Waals surface area contributed by atoms with Gasteiger partial charge in [-0.15, -0.1) is 0 Å². The number of aromatic nitrogens is 1. The van der Waals surface area contributed by atoms with Gasteiger partial charge in [0.25, 0.3) is 0 Å². The highest BCUT2D eigenvalue weighted by atomic mass is 15.1. The molecular formula is C16H27N3. The fourth-order valence-corrected chi connectivity index (χ4v) is 3.01. The van der Waals surface area contributed by atoms with Crippen LogP contribution in [-0.2, 0) is 0 Å². The van der Waals surface area contributed by atoms with Gasteiger partial charge < -0.3 is 10.2 Å². The molecule has 1 N–H and O–H groups in total. The van der Waals surface area contributed by atoms with E-state index in [9.17, 15) is 0 Å². The van der Waals surface area contributed by atoms with Crippen molar-refractivity contribution in [1.29, 1.82) is 0 Å². The van der Waals surface area contributed by atoms with Gasteiger partial charge in [-0.25, -0.2) is 0 Å². The molecule has 0 aliphatic carbocycles. The first-order chi connectivity index (χ1) is 9.19. The number of pyridine rings is 1. The summed E-state index contributed by atoms with van der Waals surface area (Å²) < 4.78 is 0. The third-order valence-electron chi connectivity index (χ3n) is 4.15. The molecule has 2 rings (SSSR count). The molecule has 0 amide bonds. The lowest BCUT2D eigenvalue weighted by Gasteiger charge is -2.35. The molecule has 2 heterocycles. The van der Waals surface area contributed by atoms with Gasteiger partial charge in [0.15, 0.2) is 0 Å². The quantitative estimate of drug-likeness (QED) is 0.881. The fraction of sp³-hybridized carbons (Fsp3) is 0.688. The second-order valence-electron chi connectivity index (χ2n) is 5.86. The molecule has 1 aromatic rings. The van der Waals surface area contributed by atoms with Crippen molar-refractivity contribution in [2.45, 2.75) is 46.1 Å². The number of anilines is 1. The van der Waals surface area contributed by atoms with Crippen LogP contribution in [0.2, 0.25) is 0 Å². The highest BCUT2D eigenvalue weighted by Gasteiger charge is 2.23. The molecule has 0 spiro atoms. The molecule has 1 unspecified atom stereocenters. The predicted molar refractivity (Wildman–Crippen MR) is 81.5 cm³/mol. The Morgan fingerprint density at radius 3 is 2.74 bits per heavy atom. The summed E-state index contributed by atoms with van der Waals surface area (Å²) >= 11 is 0. The zero-order valence-electron chi connectivity index (χ0n) is 12.5. The number of nitrogens with zero attached hydrogens (tertiary/aromatic N) is 2. The molecule has 0 radical (unpaired) electrons. The lowest BCUT2D eigenvalue weighted by molar-refractivity contribution is 0.176. The zero-order chi connectivity index (χ0) is 13.7. The number of aryl methyl sites for hydroxylation is 1. The standard InChI is InChI=1S/C16H27N3/c1-4-7-19-8-5-15(6-9-19)14(3)18-16-10-13(2)11-17-12-16/h10-12,14-15,18H,4-9H2,1-3H3. The van der Waals surface area contributed by atoms with Crippen molar-refractivity contribution in [3.05, 3.63) is 24.0 Å². The molecule has 0 bridgehead atoms. The minimum atomic E-state index is 0.535. The van der Waals surface area contributed by atoms with Crippen LogP contribution in [0.25, 0.3) is 0 Å². The first kappa shape index (κ1) is 14.3. The van der Waals surface area contributed by atoms with Crippen LogP contribution in [0.3, 0.4) is 0 Å². The Hall–Kier alpha value is -1.09. The molecule has 3 nitrogen and oxygen atoms in total. The third kappa shape index (κ3) is 4.20. The van der Waals surface area contributed by atoms with E-state index in [1.54, 1.807) is 0 Å². The molecule has 1 aliphatic heterocycles. The summed E-state index contributed by atoms with van der Waals surface area (Å²) in [4.78, 5) is 6.84. The molecule has 1 aliphatic rings. The largest absolute Gasteiger partial charge is 0.381 e. The maximum Gasteiger partial charge on any atom is 0.0531 e. The maximum absolute atomic E-state index is 4.25. The van der Waals surface area contributed by atoms with Gasteiger partial charge in [-0.3, -0.25) is 4.98 Å². The summed E-state index contributed by atoms with van der Waals surface area (Å²) in [7, 11) is 0. The minimum absolute atomic E-state index is 0.535. The Kier molecular flexibility index (Phi) is 5.20. The van der Waals surface area contributed by atoms with Crippen molar-refractivity contribution < 1.29 is 0 Å². The van der Waals surface area contributed by atoms with Crippen molar-refractivity contribution in [2.24, 2.45) is 5.92 Å². The Morgan fingerprint density at radius 1 is 1.37 bits per heavy atom. The highest BCUT2D eigenvalue weighted by Crippen LogP contribution is 2.23. The molecule has 1 saturated heterocycles. The highest BCUT2D eigenvalue weighted by molar-refractivity contribution is 5.43. The second kappa shape index (κ2) is 6.90. The predicted octanol–water partition coefficient (Wildman–Crippen LogP) is 3.31. The molecule has 0 saturated carbocycles. The average Bonchev–Trinajstić information content (AvgIpc) is 2.40. The molecule has 1 atom stereocenters. The smallest absolute Gasteiger partial charge is 0.0531 e. The van der Waals surface area contributed by atoms with Crippen LogP contribution in [0, 0.1) is 12.8 Å². The Labute approximate surface area is 117 Å². The Bertz CT molecular complexity index is 383. The number of hydrogen-bond donors (Lipinski definition) is 1. The first-order valence-corrected chi connectivity index (χ1v) is 7.59. The average molecular weight is 261 g/mol. The van der Waals surface area contributed by atoms with Crippen LogP contribution in [0.5, 0.6) is 0 Å². The molecular weight excluding hydrogens is 234 g/mol. The van der Waals surface area contributed by atoms with Crippen molar-refractivity contribution >= 4 is 5.69 Å². The monoisotopic (exact) mass is 261 g/mol. The van der Waals surface area contributed by atoms with Crippen LogP contribution < -0.4 is 5.32 Å². The Balaban J connectivity index is 1.82. The van der Waals surface area contributed by atoms with Crippen LogP contribution in [0.15, 0.2) is 18.5 Å². The normalized spacial score (nSPS) is 19.3. The summed E-state index contributed by atoms with van der Waals surface area (Å²) in [5, 5.41) is 3.62. The van der Waals surface area contributed by atoms with E-state index in [4.69, 9.17) is 0 Å². The van der Waals surface area contributed by atoms with E-state index in [1.807, 2.05) is 12.4 Å². The minimum Gasteiger partial charge on any atom is -0.381 e. The number of rotatable bonds is 5. The summed E-state index contributed by atoms with van der Waals surface area (Å²) in [6.07, 6.45) is 7.73. The summed E-state index contributed by atoms with van der Waals surface area (Å²) in [5.74, 6) is 0.786. The lowest BCUT2D eigenvalue weighted by atomic mass is 9.90. The van der Waals surface area contributed by atoms with E-state index in [2.05, 4.69) is 42.0 Å². The van der Waals surface area contributed by atoms with Gasteiger partial charge >= 0.3 is 0 Å². The van der Waals surface area contributed by atoms with E-state index in [0.717, 1.165) is 11.6 Å². The van der Waals surface area contributed by atoms with Crippen LogP contribution in [0.1, 0.15) is 38.7 Å². The van der Waals surface area contributed by atoms with Gasteiger partial charge in [0.05, 0.1) is 5.69 Å². The SMILES string of the molecule is CCCN1CCC(C(C)Nc2cncc(C)c2)CC1. The number of piperidine rings is 1. The molecule has 1 aromatic heterocycles. The zero-order valence-corrected chi connectivity index (χ0v) is 12.5. The number of likely N-dealkylation sites (tertiary alicyclic amines) is 1.